The lowest BCUT2D eigenvalue weighted by molar-refractivity contribution is -0.384. The standard InChI is InChI=1S/C11H10N2O2S/c12-11(10-2-1-7-16-10)8-3-5-9(6-4-8)13(14)15/h1-7,11H,12H2/t11-/m0/s1. The molecule has 0 fully saturated rings. The molecule has 2 N–H and O–H groups in total. The van der Waals surface area contributed by atoms with Crippen molar-refractivity contribution in [3.8, 4) is 0 Å². The van der Waals surface area contributed by atoms with Crippen molar-refractivity contribution in [1.82, 2.24) is 0 Å². The zero-order valence-corrected chi connectivity index (χ0v) is 9.18. The summed E-state index contributed by atoms with van der Waals surface area (Å²) in [5.41, 5.74) is 7.00. The third-order valence-corrected chi connectivity index (χ3v) is 3.27. The van der Waals surface area contributed by atoms with Crippen LogP contribution < -0.4 is 5.73 Å². The first-order valence-electron chi connectivity index (χ1n) is 4.72. The van der Waals surface area contributed by atoms with Crippen molar-refractivity contribution in [2.24, 2.45) is 5.73 Å². The molecule has 0 aliphatic carbocycles. The van der Waals surface area contributed by atoms with E-state index in [1.807, 2.05) is 17.5 Å². The number of rotatable bonds is 3. The van der Waals surface area contributed by atoms with Crippen molar-refractivity contribution in [2.75, 3.05) is 0 Å². The zero-order valence-electron chi connectivity index (χ0n) is 8.37. The van der Waals surface area contributed by atoms with Gasteiger partial charge in [0.2, 0.25) is 0 Å². The number of hydrogen-bond donors (Lipinski definition) is 1. The van der Waals surface area contributed by atoms with E-state index in [-0.39, 0.29) is 11.7 Å². The maximum absolute atomic E-state index is 10.5. The van der Waals surface area contributed by atoms with Crippen molar-refractivity contribution in [2.45, 2.75) is 6.04 Å². The predicted molar refractivity (Wildman–Crippen MR) is 63.4 cm³/mol. The summed E-state index contributed by atoms with van der Waals surface area (Å²) in [7, 11) is 0. The minimum atomic E-state index is -0.416. The molecule has 2 rings (SSSR count). The molecule has 0 unspecified atom stereocenters. The highest BCUT2D eigenvalue weighted by Gasteiger charge is 2.11. The Morgan fingerprint density at radius 3 is 2.44 bits per heavy atom. The first-order chi connectivity index (χ1) is 7.68. The molecule has 1 aromatic carbocycles. The van der Waals surface area contributed by atoms with Crippen LogP contribution in [-0.4, -0.2) is 4.92 Å². The van der Waals surface area contributed by atoms with Crippen LogP contribution in [-0.2, 0) is 0 Å². The molecule has 0 aliphatic heterocycles. The van der Waals surface area contributed by atoms with Crippen LogP contribution in [0.2, 0.25) is 0 Å². The normalized spacial score (nSPS) is 12.3. The van der Waals surface area contributed by atoms with E-state index in [9.17, 15) is 10.1 Å². The Bertz CT molecular complexity index is 479. The van der Waals surface area contributed by atoms with Gasteiger partial charge in [-0.3, -0.25) is 10.1 Å². The van der Waals surface area contributed by atoms with Gasteiger partial charge in [-0.25, -0.2) is 0 Å². The molecule has 0 saturated carbocycles. The molecule has 0 aliphatic rings. The molecule has 4 nitrogen and oxygen atoms in total. The molecule has 1 atom stereocenters. The van der Waals surface area contributed by atoms with E-state index in [0.717, 1.165) is 10.4 Å². The Hall–Kier alpha value is -1.72. The van der Waals surface area contributed by atoms with Crippen LogP contribution in [0.15, 0.2) is 41.8 Å². The van der Waals surface area contributed by atoms with Crippen molar-refractivity contribution in [3.05, 3.63) is 62.3 Å². The van der Waals surface area contributed by atoms with E-state index in [2.05, 4.69) is 0 Å². The molecule has 82 valence electrons. The van der Waals surface area contributed by atoms with Gasteiger partial charge in [0, 0.05) is 17.0 Å². The lowest BCUT2D eigenvalue weighted by Gasteiger charge is -2.09. The molecule has 1 aromatic heterocycles. The van der Waals surface area contributed by atoms with E-state index in [1.54, 1.807) is 23.5 Å². The molecule has 0 bridgehead atoms. The Balaban J connectivity index is 2.25. The van der Waals surface area contributed by atoms with E-state index in [1.165, 1.54) is 12.1 Å². The van der Waals surface area contributed by atoms with Gasteiger partial charge in [-0.05, 0) is 17.0 Å². The highest BCUT2D eigenvalue weighted by atomic mass is 32.1. The largest absolute Gasteiger partial charge is 0.320 e. The predicted octanol–water partition coefficient (Wildman–Crippen LogP) is 2.70. The van der Waals surface area contributed by atoms with Crippen LogP contribution >= 0.6 is 11.3 Å². The van der Waals surface area contributed by atoms with Crippen LogP contribution in [0.3, 0.4) is 0 Å². The summed E-state index contributed by atoms with van der Waals surface area (Å²) in [6.07, 6.45) is 0. The van der Waals surface area contributed by atoms with Gasteiger partial charge in [0.25, 0.3) is 5.69 Å². The third-order valence-electron chi connectivity index (χ3n) is 2.31. The second kappa shape index (κ2) is 4.42. The Morgan fingerprint density at radius 2 is 1.94 bits per heavy atom. The highest BCUT2D eigenvalue weighted by Crippen LogP contribution is 2.24. The smallest absolute Gasteiger partial charge is 0.269 e. The van der Waals surface area contributed by atoms with Crippen LogP contribution in [0.1, 0.15) is 16.5 Å². The van der Waals surface area contributed by atoms with E-state index in [4.69, 9.17) is 5.73 Å². The van der Waals surface area contributed by atoms with Crippen molar-refractivity contribution in [1.29, 1.82) is 0 Å². The van der Waals surface area contributed by atoms with Gasteiger partial charge in [-0.1, -0.05) is 18.2 Å². The summed E-state index contributed by atoms with van der Waals surface area (Å²) in [6, 6.07) is 10.0. The monoisotopic (exact) mass is 234 g/mol. The summed E-state index contributed by atoms with van der Waals surface area (Å²) >= 11 is 1.58. The molecular formula is C11H10N2O2S. The summed E-state index contributed by atoms with van der Waals surface area (Å²) in [6.45, 7) is 0. The van der Waals surface area contributed by atoms with Gasteiger partial charge < -0.3 is 5.73 Å². The van der Waals surface area contributed by atoms with E-state index in [0.29, 0.717) is 0 Å². The summed E-state index contributed by atoms with van der Waals surface area (Å²) in [5.74, 6) is 0. The van der Waals surface area contributed by atoms with Gasteiger partial charge in [-0.15, -0.1) is 11.3 Å². The third kappa shape index (κ3) is 2.10. The van der Waals surface area contributed by atoms with Gasteiger partial charge in [-0.2, -0.15) is 0 Å². The summed E-state index contributed by atoms with van der Waals surface area (Å²) in [4.78, 5) is 11.1. The number of nitro benzene ring substituents is 1. The van der Waals surface area contributed by atoms with Crippen molar-refractivity contribution >= 4 is 17.0 Å². The van der Waals surface area contributed by atoms with Crippen LogP contribution in [0.5, 0.6) is 0 Å². The molecule has 0 amide bonds. The summed E-state index contributed by atoms with van der Waals surface area (Å²) in [5, 5.41) is 12.4. The molecule has 5 heteroatoms. The van der Waals surface area contributed by atoms with Crippen molar-refractivity contribution in [3.63, 3.8) is 0 Å². The number of thiophene rings is 1. The Labute approximate surface area is 96.5 Å². The molecule has 2 aromatic rings. The minimum Gasteiger partial charge on any atom is -0.320 e. The number of nitro groups is 1. The Morgan fingerprint density at radius 1 is 1.25 bits per heavy atom. The number of non-ortho nitro benzene ring substituents is 1. The number of benzene rings is 1. The topological polar surface area (TPSA) is 69.2 Å². The van der Waals surface area contributed by atoms with Gasteiger partial charge in [0.15, 0.2) is 0 Å². The van der Waals surface area contributed by atoms with Crippen LogP contribution in [0.4, 0.5) is 5.69 Å². The number of nitrogens with two attached hydrogens (primary N) is 1. The minimum absolute atomic E-state index is 0.0853. The fourth-order valence-electron chi connectivity index (χ4n) is 1.44. The van der Waals surface area contributed by atoms with E-state index < -0.39 is 4.92 Å². The molecule has 0 radical (unpaired) electrons. The fraction of sp³-hybridized carbons (Fsp3) is 0.0909. The molecule has 0 spiro atoms. The fourth-order valence-corrected chi connectivity index (χ4v) is 2.19. The second-order valence-corrected chi connectivity index (χ2v) is 4.32. The first-order valence-corrected chi connectivity index (χ1v) is 5.60. The van der Waals surface area contributed by atoms with Gasteiger partial charge >= 0.3 is 0 Å². The lowest BCUT2D eigenvalue weighted by atomic mass is 10.1. The maximum atomic E-state index is 10.5. The van der Waals surface area contributed by atoms with Crippen LogP contribution in [0.25, 0.3) is 0 Å². The highest BCUT2D eigenvalue weighted by molar-refractivity contribution is 7.10. The summed E-state index contributed by atoms with van der Waals surface area (Å²) < 4.78 is 0. The molecule has 1 heterocycles. The Kier molecular flexibility index (Phi) is 2.98. The number of hydrogen-bond acceptors (Lipinski definition) is 4. The number of nitrogens with zero attached hydrogens (tertiary/aromatic N) is 1. The zero-order chi connectivity index (χ0) is 11.5. The van der Waals surface area contributed by atoms with E-state index >= 15 is 0 Å². The second-order valence-electron chi connectivity index (χ2n) is 3.34. The van der Waals surface area contributed by atoms with Gasteiger partial charge in [0.1, 0.15) is 0 Å². The molecule has 16 heavy (non-hydrogen) atoms. The SMILES string of the molecule is N[C@@H](c1ccc([N+](=O)[O-])cc1)c1cccs1. The van der Waals surface area contributed by atoms with Crippen molar-refractivity contribution < 1.29 is 4.92 Å². The average Bonchev–Trinajstić information content (AvgIpc) is 2.81. The van der Waals surface area contributed by atoms with Gasteiger partial charge in [0.05, 0.1) is 11.0 Å². The maximum Gasteiger partial charge on any atom is 0.269 e. The average molecular weight is 234 g/mol. The lowest BCUT2D eigenvalue weighted by Crippen LogP contribution is -2.09. The quantitative estimate of drug-likeness (QED) is 0.655. The molecular weight excluding hydrogens is 224 g/mol. The van der Waals surface area contributed by atoms with Crippen LogP contribution in [0, 0.1) is 10.1 Å². The first kappa shape index (κ1) is 10.8. The molecule has 0 saturated heterocycles.